The maximum Gasteiger partial charge on any atom is 0.310 e. The summed E-state index contributed by atoms with van der Waals surface area (Å²) in [4.78, 5) is 24.3. The van der Waals surface area contributed by atoms with E-state index in [1.54, 1.807) is 37.3 Å². The summed E-state index contributed by atoms with van der Waals surface area (Å²) >= 11 is 9.39. The van der Waals surface area contributed by atoms with Gasteiger partial charge >= 0.3 is 5.97 Å². The van der Waals surface area contributed by atoms with Crippen LogP contribution >= 0.6 is 27.5 Å². The molecule has 23 heavy (non-hydrogen) atoms. The zero-order chi connectivity index (χ0) is 17.0. The van der Waals surface area contributed by atoms with Crippen LogP contribution in [0.25, 0.3) is 0 Å². The summed E-state index contributed by atoms with van der Waals surface area (Å²) in [5.41, 5.74) is 7.56. The summed E-state index contributed by atoms with van der Waals surface area (Å²) in [5.74, 6) is -0.661. The Morgan fingerprint density at radius 1 is 1.22 bits per heavy atom. The van der Waals surface area contributed by atoms with Crippen LogP contribution in [0.3, 0.4) is 0 Å². The zero-order valence-electron chi connectivity index (χ0n) is 12.4. The summed E-state index contributed by atoms with van der Waals surface area (Å²) in [7, 11) is 0. The molecule has 0 fully saturated rings. The number of nitrogen functional groups attached to an aromatic ring is 1. The van der Waals surface area contributed by atoms with Crippen LogP contribution in [-0.2, 0) is 16.0 Å². The van der Waals surface area contributed by atoms with Crippen molar-refractivity contribution in [2.45, 2.75) is 13.3 Å². The van der Waals surface area contributed by atoms with Gasteiger partial charge in [-0.3, -0.25) is 9.59 Å². The maximum atomic E-state index is 12.6. The van der Waals surface area contributed by atoms with E-state index in [1.165, 1.54) is 6.07 Å². The van der Waals surface area contributed by atoms with Gasteiger partial charge < -0.3 is 10.5 Å². The van der Waals surface area contributed by atoms with Gasteiger partial charge in [0.05, 0.1) is 13.0 Å². The Bertz CT molecular complexity index is 744. The van der Waals surface area contributed by atoms with E-state index in [2.05, 4.69) is 15.9 Å². The smallest absolute Gasteiger partial charge is 0.310 e. The van der Waals surface area contributed by atoms with Crippen molar-refractivity contribution < 1.29 is 14.3 Å². The number of ether oxygens (including phenoxy) is 1. The van der Waals surface area contributed by atoms with Crippen LogP contribution in [0.4, 0.5) is 5.69 Å². The average molecular weight is 397 g/mol. The van der Waals surface area contributed by atoms with Crippen LogP contribution in [0.1, 0.15) is 28.4 Å². The van der Waals surface area contributed by atoms with Gasteiger partial charge in [-0.2, -0.15) is 0 Å². The van der Waals surface area contributed by atoms with E-state index in [9.17, 15) is 9.59 Å². The molecule has 2 N–H and O–H groups in total. The SMILES string of the molecule is CCOC(=O)Cc1cc(Cl)cc(C(=O)c2ccc(Br)cc2)c1N. The molecule has 0 atom stereocenters. The van der Waals surface area contributed by atoms with Crippen LogP contribution in [0.5, 0.6) is 0 Å². The quantitative estimate of drug-likeness (QED) is 0.471. The van der Waals surface area contributed by atoms with Gasteiger partial charge in [0.15, 0.2) is 5.78 Å². The highest BCUT2D eigenvalue weighted by atomic mass is 79.9. The van der Waals surface area contributed by atoms with Crippen molar-refractivity contribution in [2.75, 3.05) is 12.3 Å². The number of ketones is 1. The van der Waals surface area contributed by atoms with Gasteiger partial charge in [0.2, 0.25) is 0 Å². The average Bonchev–Trinajstić information content (AvgIpc) is 2.51. The maximum absolute atomic E-state index is 12.6. The Labute approximate surface area is 147 Å². The number of rotatable bonds is 5. The number of nitrogens with two attached hydrogens (primary N) is 1. The Kier molecular flexibility index (Phi) is 5.80. The predicted molar refractivity (Wildman–Crippen MR) is 93.8 cm³/mol. The first-order valence-electron chi connectivity index (χ1n) is 6.96. The molecule has 2 aromatic carbocycles. The number of benzene rings is 2. The van der Waals surface area contributed by atoms with Crippen molar-refractivity contribution in [3.05, 3.63) is 62.6 Å². The normalized spacial score (nSPS) is 10.4. The first-order chi connectivity index (χ1) is 10.9. The molecule has 0 aliphatic rings. The molecule has 2 rings (SSSR count). The van der Waals surface area contributed by atoms with E-state index in [0.29, 0.717) is 16.1 Å². The van der Waals surface area contributed by atoms with Gasteiger partial charge in [0, 0.05) is 26.3 Å². The van der Waals surface area contributed by atoms with Crippen LogP contribution in [-0.4, -0.2) is 18.4 Å². The van der Waals surface area contributed by atoms with Crippen LogP contribution in [0, 0.1) is 0 Å². The molecule has 120 valence electrons. The Balaban J connectivity index is 2.38. The van der Waals surface area contributed by atoms with Gasteiger partial charge in [0.25, 0.3) is 0 Å². The highest BCUT2D eigenvalue weighted by Gasteiger charge is 2.18. The molecular weight excluding hydrogens is 382 g/mol. The highest BCUT2D eigenvalue weighted by molar-refractivity contribution is 9.10. The van der Waals surface area contributed by atoms with Crippen molar-refractivity contribution >= 4 is 45.0 Å². The van der Waals surface area contributed by atoms with Gasteiger partial charge in [-0.05, 0) is 48.9 Å². The lowest BCUT2D eigenvalue weighted by atomic mass is 9.98. The molecule has 0 aliphatic carbocycles. The molecule has 0 saturated heterocycles. The standard InChI is InChI=1S/C17H15BrClNO3/c1-2-23-15(21)8-11-7-13(19)9-14(16(11)20)17(22)10-3-5-12(18)6-4-10/h3-7,9H,2,8,20H2,1H3. The van der Waals surface area contributed by atoms with Gasteiger partial charge in [-0.15, -0.1) is 0 Å². The van der Waals surface area contributed by atoms with Crippen molar-refractivity contribution in [1.29, 1.82) is 0 Å². The van der Waals surface area contributed by atoms with E-state index < -0.39 is 5.97 Å². The monoisotopic (exact) mass is 395 g/mol. The number of carbonyl (C=O) groups excluding carboxylic acids is 2. The third kappa shape index (κ3) is 4.33. The van der Waals surface area contributed by atoms with Gasteiger partial charge in [0.1, 0.15) is 0 Å². The first kappa shape index (κ1) is 17.5. The molecule has 0 amide bonds. The lowest BCUT2D eigenvalue weighted by Gasteiger charge is -2.11. The fraction of sp³-hybridized carbons (Fsp3) is 0.176. The van der Waals surface area contributed by atoms with Crippen molar-refractivity contribution in [3.63, 3.8) is 0 Å². The molecule has 0 saturated carbocycles. The molecule has 0 spiro atoms. The molecule has 0 bridgehead atoms. The van der Waals surface area contributed by atoms with E-state index in [0.717, 1.165) is 4.47 Å². The summed E-state index contributed by atoms with van der Waals surface area (Å²) in [6.07, 6.45) is -0.0269. The van der Waals surface area contributed by atoms with E-state index in [-0.39, 0.29) is 30.1 Å². The van der Waals surface area contributed by atoms with Crippen LogP contribution in [0.15, 0.2) is 40.9 Å². The van der Waals surface area contributed by atoms with Gasteiger partial charge in [-0.1, -0.05) is 27.5 Å². The van der Waals surface area contributed by atoms with E-state index >= 15 is 0 Å². The lowest BCUT2D eigenvalue weighted by Crippen LogP contribution is -2.12. The van der Waals surface area contributed by atoms with E-state index in [1.807, 2.05) is 0 Å². The molecule has 0 unspecified atom stereocenters. The molecule has 2 aromatic rings. The lowest BCUT2D eigenvalue weighted by molar-refractivity contribution is -0.142. The molecule has 0 aromatic heterocycles. The van der Waals surface area contributed by atoms with Crippen LogP contribution < -0.4 is 5.73 Å². The number of carbonyl (C=O) groups is 2. The number of halogens is 2. The Morgan fingerprint density at radius 3 is 2.48 bits per heavy atom. The minimum atomic E-state index is -0.413. The second-order valence-corrected chi connectivity index (χ2v) is 6.20. The third-order valence-electron chi connectivity index (χ3n) is 3.22. The molecule has 0 aliphatic heterocycles. The number of esters is 1. The number of anilines is 1. The molecule has 4 nitrogen and oxygen atoms in total. The summed E-state index contributed by atoms with van der Waals surface area (Å²) < 4.78 is 5.78. The third-order valence-corrected chi connectivity index (χ3v) is 3.97. The largest absolute Gasteiger partial charge is 0.466 e. The Hall–Kier alpha value is -1.85. The highest BCUT2D eigenvalue weighted by Crippen LogP contribution is 2.27. The summed E-state index contributed by atoms with van der Waals surface area (Å²) in [5, 5.41) is 0.346. The topological polar surface area (TPSA) is 69.4 Å². The summed E-state index contributed by atoms with van der Waals surface area (Å²) in [6, 6.07) is 10.0. The fourth-order valence-electron chi connectivity index (χ4n) is 2.13. The zero-order valence-corrected chi connectivity index (χ0v) is 14.8. The fourth-order valence-corrected chi connectivity index (χ4v) is 2.64. The van der Waals surface area contributed by atoms with Gasteiger partial charge in [-0.25, -0.2) is 0 Å². The van der Waals surface area contributed by atoms with Crippen molar-refractivity contribution in [3.8, 4) is 0 Å². The second-order valence-electron chi connectivity index (χ2n) is 4.84. The number of hydrogen-bond acceptors (Lipinski definition) is 4. The minimum absolute atomic E-state index is 0.0269. The minimum Gasteiger partial charge on any atom is -0.466 e. The molecule has 6 heteroatoms. The number of hydrogen-bond donors (Lipinski definition) is 1. The Morgan fingerprint density at radius 2 is 1.87 bits per heavy atom. The molecule has 0 radical (unpaired) electrons. The molecular formula is C17H15BrClNO3. The summed E-state index contributed by atoms with van der Waals surface area (Å²) in [6.45, 7) is 2.01. The van der Waals surface area contributed by atoms with E-state index in [4.69, 9.17) is 22.1 Å². The molecule has 0 heterocycles. The first-order valence-corrected chi connectivity index (χ1v) is 8.13. The van der Waals surface area contributed by atoms with Crippen molar-refractivity contribution in [2.24, 2.45) is 0 Å². The predicted octanol–water partition coefficient (Wildman–Crippen LogP) is 4.02. The van der Waals surface area contributed by atoms with Crippen LogP contribution in [0.2, 0.25) is 5.02 Å². The van der Waals surface area contributed by atoms with Crippen molar-refractivity contribution in [1.82, 2.24) is 0 Å². The second kappa shape index (κ2) is 7.62.